The second kappa shape index (κ2) is 10.4. The first-order valence-corrected chi connectivity index (χ1v) is 14.7. The van der Waals surface area contributed by atoms with Gasteiger partial charge in [-0.3, -0.25) is 14.2 Å². The number of nitrogens with zero attached hydrogens (tertiary/aromatic N) is 2. The van der Waals surface area contributed by atoms with Crippen LogP contribution in [0.25, 0.3) is 28.7 Å². The van der Waals surface area contributed by atoms with Crippen LogP contribution in [0.3, 0.4) is 0 Å². The Bertz CT molecular complexity index is 1940. The van der Waals surface area contributed by atoms with Crippen LogP contribution in [-0.4, -0.2) is 10.4 Å². The zero-order valence-corrected chi connectivity index (χ0v) is 25.3. The number of carbonyl (C=O) groups is 1. The number of allylic oxidation sites excluding steroid dienone is 2. The minimum atomic E-state index is -0.718. The quantitative estimate of drug-likeness (QED) is 0.190. The molecule has 9 heteroatoms. The van der Waals surface area contributed by atoms with Gasteiger partial charge in [-0.05, 0) is 85.0 Å². The SMILES string of the molecule is CC(=O)C1=C(C)N=c2s/c(=C/c3ccc(-c4ccc(I)cc4)o3)c(=O)n2[C@@H]1c1ccc(-c2ccc(Br)cc2)o1. The molecular formula is C30H20BrIN2O4S. The molecule has 2 aromatic carbocycles. The van der Waals surface area contributed by atoms with Crippen LogP contribution in [0.5, 0.6) is 0 Å². The fourth-order valence-corrected chi connectivity index (χ4v) is 6.29. The summed E-state index contributed by atoms with van der Waals surface area (Å²) in [5.41, 5.74) is 2.59. The number of aromatic nitrogens is 1. The average molecular weight is 711 g/mol. The molecule has 3 aromatic heterocycles. The molecule has 5 aromatic rings. The van der Waals surface area contributed by atoms with Gasteiger partial charge in [0.05, 0.1) is 4.53 Å². The predicted octanol–water partition coefficient (Wildman–Crippen LogP) is 6.71. The van der Waals surface area contributed by atoms with E-state index in [1.165, 1.54) is 18.3 Å². The highest BCUT2D eigenvalue weighted by atomic mass is 127. The second-order valence-electron chi connectivity index (χ2n) is 9.06. The van der Waals surface area contributed by atoms with Gasteiger partial charge in [0.1, 0.15) is 29.1 Å². The minimum absolute atomic E-state index is 0.162. The van der Waals surface area contributed by atoms with Crippen molar-refractivity contribution >= 4 is 61.7 Å². The molecule has 0 bridgehead atoms. The number of furan rings is 2. The normalized spacial score (nSPS) is 15.4. The molecule has 39 heavy (non-hydrogen) atoms. The van der Waals surface area contributed by atoms with Crippen LogP contribution in [-0.2, 0) is 4.79 Å². The molecule has 0 aliphatic carbocycles. The molecular weight excluding hydrogens is 691 g/mol. The Morgan fingerprint density at radius 1 is 0.974 bits per heavy atom. The third-order valence-corrected chi connectivity index (χ3v) is 8.69. The number of halogens is 2. The summed E-state index contributed by atoms with van der Waals surface area (Å²) in [7, 11) is 0. The van der Waals surface area contributed by atoms with Crippen LogP contribution in [0.15, 0.2) is 107 Å². The van der Waals surface area contributed by atoms with Crippen molar-refractivity contribution in [1.29, 1.82) is 0 Å². The summed E-state index contributed by atoms with van der Waals surface area (Å²) in [6, 6.07) is 22.5. The molecule has 0 spiro atoms. The Balaban J connectivity index is 1.45. The third kappa shape index (κ3) is 4.94. The molecule has 6 rings (SSSR count). The lowest BCUT2D eigenvalue weighted by Gasteiger charge is -2.22. The van der Waals surface area contributed by atoms with Gasteiger partial charge in [-0.15, -0.1) is 0 Å². The van der Waals surface area contributed by atoms with E-state index in [1.54, 1.807) is 17.6 Å². The van der Waals surface area contributed by atoms with Crippen molar-refractivity contribution in [1.82, 2.24) is 4.57 Å². The summed E-state index contributed by atoms with van der Waals surface area (Å²) in [6.07, 6.45) is 1.72. The smallest absolute Gasteiger partial charge is 0.271 e. The van der Waals surface area contributed by atoms with Gasteiger partial charge < -0.3 is 8.83 Å². The third-order valence-electron chi connectivity index (χ3n) is 6.45. The largest absolute Gasteiger partial charge is 0.458 e. The Hall–Kier alpha value is -3.28. The van der Waals surface area contributed by atoms with E-state index in [-0.39, 0.29) is 11.3 Å². The van der Waals surface area contributed by atoms with E-state index < -0.39 is 6.04 Å². The molecule has 1 atom stereocenters. The minimum Gasteiger partial charge on any atom is -0.458 e. The first-order chi connectivity index (χ1) is 18.8. The lowest BCUT2D eigenvalue weighted by molar-refractivity contribution is -0.114. The number of carbonyl (C=O) groups excluding carboxylic acids is 1. The van der Waals surface area contributed by atoms with Crippen LogP contribution in [0, 0.1) is 3.57 Å². The second-order valence-corrected chi connectivity index (χ2v) is 12.2. The number of benzene rings is 2. The van der Waals surface area contributed by atoms with Crippen molar-refractivity contribution in [2.24, 2.45) is 4.99 Å². The van der Waals surface area contributed by atoms with Gasteiger partial charge in [0, 0.05) is 36.5 Å². The summed E-state index contributed by atoms with van der Waals surface area (Å²) < 4.78 is 16.4. The summed E-state index contributed by atoms with van der Waals surface area (Å²) in [4.78, 5) is 31.7. The highest BCUT2D eigenvalue weighted by Gasteiger charge is 2.33. The topological polar surface area (TPSA) is 77.7 Å². The van der Waals surface area contributed by atoms with Crippen molar-refractivity contribution in [2.45, 2.75) is 19.9 Å². The molecule has 0 N–H and O–H groups in total. The average Bonchev–Trinajstić information content (AvgIpc) is 3.64. The molecule has 6 nitrogen and oxygen atoms in total. The van der Waals surface area contributed by atoms with Gasteiger partial charge in [-0.1, -0.05) is 51.5 Å². The number of fused-ring (bicyclic) bond motifs is 1. The molecule has 0 saturated heterocycles. The van der Waals surface area contributed by atoms with E-state index in [4.69, 9.17) is 8.83 Å². The van der Waals surface area contributed by atoms with Crippen LogP contribution in [0.1, 0.15) is 31.4 Å². The maximum absolute atomic E-state index is 13.8. The van der Waals surface area contributed by atoms with Crippen molar-refractivity contribution in [3.63, 3.8) is 0 Å². The zero-order chi connectivity index (χ0) is 27.3. The van der Waals surface area contributed by atoms with Crippen molar-refractivity contribution in [3.8, 4) is 22.6 Å². The fraction of sp³-hybridized carbons (Fsp3) is 0.100. The van der Waals surface area contributed by atoms with Gasteiger partial charge in [-0.2, -0.15) is 0 Å². The zero-order valence-electron chi connectivity index (χ0n) is 20.8. The van der Waals surface area contributed by atoms with E-state index in [2.05, 4.69) is 43.5 Å². The van der Waals surface area contributed by atoms with Gasteiger partial charge in [-0.25, -0.2) is 4.99 Å². The van der Waals surface area contributed by atoms with E-state index in [9.17, 15) is 9.59 Å². The summed E-state index contributed by atoms with van der Waals surface area (Å²) >= 11 is 6.97. The van der Waals surface area contributed by atoms with Gasteiger partial charge in [0.25, 0.3) is 5.56 Å². The fourth-order valence-electron chi connectivity index (χ4n) is 4.64. The van der Waals surface area contributed by atoms with Crippen LogP contribution in [0.4, 0.5) is 0 Å². The monoisotopic (exact) mass is 710 g/mol. The van der Waals surface area contributed by atoms with E-state index >= 15 is 0 Å². The molecule has 0 unspecified atom stereocenters. The van der Waals surface area contributed by atoms with E-state index in [0.29, 0.717) is 43.6 Å². The summed E-state index contributed by atoms with van der Waals surface area (Å²) in [5, 5.41) is 0. The Kier molecular flexibility index (Phi) is 6.90. The first kappa shape index (κ1) is 26.0. The molecule has 0 fully saturated rings. The number of thiazole rings is 1. The molecule has 0 amide bonds. The van der Waals surface area contributed by atoms with E-state index in [0.717, 1.165) is 19.2 Å². The Morgan fingerprint density at radius 2 is 1.62 bits per heavy atom. The maximum atomic E-state index is 13.8. The lowest BCUT2D eigenvalue weighted by Crippen LogP contribution is -2.39. The first-order valence-electron chi connectivity index (χ1n) is 12.0. The number of ketones is 1. The van der Waals surface area contributed by atoms with Gasteiger partial charge >= 0.3 is 0 Å². The highest BCUT2D eigenvalue weighted by Crippen LogP contribution is 2.34. The number of hydrogen-bond acceptors (Lipinski definition) is 6. The van der Waals surface area contributed by atoms with Crippen LogP contribution >= 0.6 is 49.9 Å². The lowest BCUT2D eigenvalue weighted by atomic mass is 9.98. The Labute approximate surface area is 249 Å². The standard InChI is InChI=1S/C30H20BrIN2O4S/c1-16-27(17(2)35)28(25-14-13-24(38-25)18-3-7-20(31)8-4-18)34-29(36)26(39-30(34)33-16)15-22-11-12-23(37-22)19-5-9-21(32)10-6-19/h3-15,28H,1-2H3/b26-15+/t28-/m1/s1. The van der Waals surface area contributed by atoms with Gasteiger partial charge in [0.2, 0.25) is 0 Å². The molecule has 1 aliphatic heterocycles. The summed E-state index contributed by atoms with van der Waals surface area (Å²) in [6.45, 7) is 3.28. The van der Waals surface area contributed by atoms with Crippen LogP contribution < -0.4 is 14.9 Å². The highest BCUT2D eigenvalue weighted by molar-refractivity contribution is 14.1. The number of Topliss-reactive ketones (excluding diaryl/α,β-unsaturated/α-hetero) is 1. The van der Waals surface area contributed by atoms with Crippen molar-refractivity contribution in [2.75, 3.05) is 0 Å². The molecule has 0 radical (unpaired) electrons. The Morgan fingerprint density at radius 3 is 2.31 bits per heavy atom. The predicted molar refractivity (Wildman–Crippen MR) is 163 cm³/mol. The number of rotatable bonds is 5. The number of hydrogen-bond donors (Lipinski definition) is 0. The van der Waals surface area contributed by atoms with E-state index in [1.807, 2.05) is 72.8 Å². The molecule has 194 valence electrons. The molecule has 1 aliphatic rings. The molecule has 4 heterocycles. The molecule has 0 saturated carbocycles. The van der Waals surface area contributed by atoms with Crippen molar-refractivity contribution in [3.05, 3.63) is 123 Å². The van der Waals surface area contributed by atoms with Crippen molar-refractivity contribution < 1.29 is 13.6 Å². The summed E-state index contributed by atoms with van der Waals surface area (Å²) in [5.74, 6) is 2.26. The van der Waals surface area contributed by atoms with Crippen LogP contribution in [0.2, 0.25) is 0 Å². The maximum Gasteiger partial charge on any atom is 0.271 e. The van der Waals surface area contributed by atoms with Gasteiger partial charge in [0.15, 0.2) is 10.6 Å².